The summed E-state index contributed by atoms with van der Waals surface area (Å²) in [6, 6.07) is 0. The topological polar surface area (TPSA) is 32.3 Å². The molecular formula is C15H31NO. The zero-order valence-corrected chi connectivity index (χ0v) is 11.8. The third-order valence-electron chi connectivity index (χ3n) is 3.87. The Bertz CT molecular complexity index is 185. The van der Waals surface area contributed by atoms with E-state index in [0.29, 0.717) is 0 Å². The van der Waals surface area contributed by atoms with Crippen LogP contribution in [-0.4, -0.2) is 23.8 Å². The molecule has 1 rings (SSSR count). The van der Waals surface area contributed by atoms with Crippen LogP contribution in [0.15, 0.2) is 0 Å². The first-order valence-corrected chi connectivity index (χ1v) is 7.55. The Kier molecular flexibility index (Phi) is 7.14. The molecule has 1 aliphatic carbocycles. The lowest BCUT2D eigenvalue weighted by molar-refractivity contribution is 0.0479. The molecule has 17 heavy (non-hydrogen) atoms. The summed E-state index contributed by atoms with van der Waals surface area (Å²) in [7, 11) is 0. The van der Waals surface area contributed by atoms with Crippen LogP contribution in [0.5, 0.6) is 0 Å². The van der Waals surface area contributed by atoms with Gasteiger partial charge in [-0.05, 0) is 31.7 Å². The van der Waals surface area contributed by atoms with Gasteiger partial charge in [0, 0.05) is 6.54 Å². The highest BCUT2D eigenvalue weighted by atomic mass is 16.3. The second-order valence-corrected chi connectivity index (χ2v) is 6.20. The number of rotatable bonds is 9. The fourth-order valence-electron chi connectivity index (χ4n) is 2.69. The van der Waals surface area contributed by atoms with Gasteiger partial charge in [0.1, 0.15) is 0 Å². The van der Waals surface area contributed by atoms with Crippen LogP contribution in [0, 0.1) is 5.92 Å². The molecule has 0 aromatic rings. The van der Waals surface area contributed by atoms with E-state index in [4.69, 9.17) is 0 Å². The van der Waals surface area contributed by atoms with Gasteiger partial charge < -0.3 is 10.4 Å². The minimum absolute atomic E-state index is 0.377. The van der Waals surface area contributed by atoms with Gasteiger partial charge in [-0.15, -0.1) is 0 Å². The molecule has 2 N–H and O–H groups in total. The number of nitrogens with one attached hydrogen (secondary N) is 1. The van der Waals surface area contributed by atoms with E-state index in [9.17, 15) is 5.11 Å². The highest BCUT2D eigenvalue weighted by molar-refractivity contribution is 4.85. The average molecular weight is 241 g/mol. The molecule has 0 spiro atoms. The first-order valence-electron chi connectivity index (χ1n) is 7.55. The van der Waals surface area contributed by atoms with E-state index in [-0.39, 0.29) is 5.60 Å². The van der Waals surface area contributed by atoms with Gasteiger partial charge in [0.25, 0.3) is 0 Å². The second kappa shape index (κ2) is 8.10. The molecule has 2 heteroatoms. The molecule has 102 valence electrons. The first kappa shape index (κ1) is 15.0. The van der Waals surface area contributed by atoms with Gasteiger partial charge in [-0.25, -0.2) is 0 Å². The molecule has 0 aromatic heterocycles. The highest BCUT2D eigenvalue weighted by Crippen LogP contribution is 2.28. The van der Waals surface area contributed by atoms with Crippen LogP contribution in [0.4, 0.5) is 0 Å². The van der Waals surface area contributed by atoms with Crippen molar-refractivity contribution in [3.05, 3.63) is 0 Å². The second-order valence-electron chi connectivity index (χ2n) is 6.20. The monoisotopic (exact) mass is 241 g/mol. The van der Waals surface area contributed by atoms with Gasteiger partial charge >= 0.3 is 0 Å². The zero-order chi connectivity index (χ0) is 12.6. The zero-order valence-electron chi connectivity index (χ0n) is 11.8. The van der Waals surface area contributed by atoms with Gasteiger partial charge in [0.2, 0.25) is 0 Å². The van der Waals surface area contributed by atoms with Crippen molar-refractivity contribution in [2.45, 2.75) is 77.2 Å². The van der Waals surface area contributed by atoms with E-state index in [2.05, 4.69) is 19.2 Å². The Hall–Kier alpha value is -0.0800. The van der Waals surface area contributed by atoms with Crippen LogP contribution in [-0.2, 0) is 0 Å². The molecule has 0 aromatic carbocycles. The summed E-state index contributed by atoms with van der Waals surface area (Å²) in [5.41, 5.74) is -0.377. The van der Waals surface area contributed by atoms with Crippen LogP contribution in [0.2, 0.25) is 0 Å². The Labute approximate surface area is 107 Å². The van der Waals surface area contributed by atoms with Gasteiger partial charge in [-0.1, -0.05) is 52.4 Å². The summed E-state index contributed by atoms with van der Waals surface area (Å²) in [6.07, 6.45) is 11.1. The maximum atomic E-state index is 10.1. The molecule has 0 bridgehead atoms. The van der Waals surface area contributed by atoms with E-state index >= 15 is 0 Å². The van der Waals surface area contributed by atoms with Crippen molar-refractivity contribution in [1.29, 1.82) is 0 Å². The summed E-state index contributed by atoms with van der Waals surface area (Å²) < 4.78 is 0. The molecular weight excluding hydrogens is 210 g/mol. The van der Waals surface area contributed by atoms with E-state index < -0.39 is 0 Å². The molecule has 1 saturated carbocycles. The molecule has 0 saturated heterocycles. The van der Waals surface area contributed by atoms with Crippen LogP contribution < -0.4 is 5.32 Å². The maximum Gasteiger partial charge on any atom is 0.0771 e. The summed E-state index contributed by atoms with van der Waals surface area (Å²) >= 11 is 0. The lowest BCUT2D eigenvalue weighted by Gasteiger charge is -2.22. The lowest BCUT2D eigenvalue weighted by atomic mass is 10.0. The average Bonchev–Trinajstić information content (AvgIpc) is 2.69. The lowest BCUT2D eigenvalue weighted by Crippen LogP contribution is -2.38. The van der Waals surface area contributed by atoms with Crippen LogP contribution in [0.3, 0.4) is 0 Å². The minimum atomic E-state index is -0.377. The summed E-state index contributed by atoms with van der Waals surface area (Å²) in [6.45, 7) is 6.47. The quantitative estimate of drug-likeness (QED) is 0.606. The minimum Gasteiger partial charge on any atom is -0.389 e. The smallest absolute Gasteiger partial charge is 0.0771 e. The summed E-state index contributed by atoms with van der Waals surface area (Å²) in [5.74, 6) is 0.852. The van der Waals surface area contributed by atoms with E-state index in [1.165, 1.54) is 44.9 Å². The Balaban J connectivity index is 1.84. The molecule has 1 fully saturated rings. The summed E-state index contributed by atoms with van der Waals surface area (Å²) in [4.78, 5) is 0. The third-order valence-corrected chi connectivity index (χ3v) is 3.87. The van der Waals surface area contributed by atoms with Crippen molar-refractivity contribution < 1.29 is 5.11 Å². The van der Waals surface area contributed by atoms with E-state index in [0.717, 1.165) is 31.8 Å². The van der Waals surface area contributed by atoms with E-state index in [1.807, 2.05) is 0 Å². The number of hydrogen-bond donors (Lipinski definition) is 2. The molecule has 0 aliphatic heterocycles. The van der Waals surface area contributed by atoms with Crippen LogP contribution in [0.25, 0.3) is 0 Å². The fraction of sp³-hybridized carbons (Fsp3) is 1.00. The van der Waals surface area contributed by atoms with Crippen molar-refractivity contribution in [1.82, 2.24) is 5.32 Å². The standard InChI is InChI=1S/C15H31NO/c1-14(2)9-5-3-4-8-12-16-13-15(17)10-6-7-11-15/h14,16-17H,3-13H2,1-2H3. The van der Waals surface area contributed by atoms with Crippen LogP contribution >= 0.6 is 0 Å². The summed E-state index contributed by atoms with van der Waals surface area (Å²) in [5, 5.41) is 13.5. The van der Waals surface area contributed by atoms with Crippen molar-refractivity contribution in [2.75, 3.05) is 13.1 Å². The third kappa shape index (κ3) is 7.05. The Morgan fingerprint density at radius 1 is 1.06 bits per heavy atom. The SMILES string of the molecule is CC(C)CCCCCCNCC1(O)CCCC1. The number of hydrogen-bond acceptors (Lipinski definition) is 2. The molecule has 1 aliphatic rings. The van der Waals surface area contributed by atoms with Crippen molar-refractivity contribution >= 4 is 0 Å². The predicted octanol–water partition coefficient (Wildman–Crippen LogP) is 3.49. The molecule has 0 amide bonds. The molecule has 2 nitrogen and oxygen atoms in total. The largest absolute Gasteiger partial charge is 0.389 e. The first-order chi connectivity index (χ1) is 8.12. The Morgan fingerprint density at radius 2 is 1.71 bits per heavy atom. The molecule has 0 unspecified atom stereocenters. The van der Waals surface area contributed by atoms with Gasteiger partial charge in [-0.2, -0.15) is 0 Å². The predicted molar refractivity (Wildman–Crippen MR) is 74.2 cm³/mol. The van der Waals surface area contributed by atoms with Crippen molar-refractivity contribution in [3.8, 4) is 0 Å². The van der Waals surface area contributed by atoms with Gasteiger partial charge in [0.05, 0.1) is 5.60 Å². The normalized spacial score (nSPS) is 19.1. The van der Waals surface area contributed by atoms with Crippen molar-refractivity contribution in [2.24, 2.45) is 5.92 Å². The highest BCUT2D eigenvalue weighted by Gasteiger charge is 2.30. The molecule has 0 atom stereocenters. The molecule has 0 heterocycles. The van der Waals surface area contributed by atoms with E-state index in [1.54, 1.807) is 0 Å². The van der Waals surface area contributed by atoms with Crippen LogP contribution in [0.1, 0.15) is 71.6 Å². The van der Waals surface area contributed by atoms with Crippen molar-refractivity contribution in [3.63, 3.8) is 0 Å². The fourth-order valence-corrected chi connectivity index (χ4v) is 2.69. The number of unbranched alkanes of at least 4 members (excludes halogenated alkanes) is 3. The van der Waals surface area contributed by atoms with Gasteiger partial charge in [-0.3, -0.25) is 0 Å². The Morgan fingerprint density at radius 3 is 2.35 bits per heavy atom. The number of aliphatic hydroxyl groups is 1. The maximum absolute atomic E-state index is 10.1. The van der Waals surface area contributed by atoms with Gasteiger partial charge in [0.15, 0.2) is 0 Å². The molecule has 0 radical (unpaired) electrons.